The molecule has 7 nitrogen and oxygen atoms in total. The van der Waals surface area contributed by atoms with Crippen molar-refractivity contribution in [3.63, 3.8) is 0 Å². The van der Waals surface area contributed by atoms with E-state index in [2.05, 4.69) is 10.3 Å². The Balaban J connectivity index is 0.00000171. The second-order valence-electron chi connectivity index (χ2n) is 7.86. The van der Waals surface area contributed by atoms with E-state index in [1.165, 1.54) is 11.3 Å². The van der Waals surface area contributed by atoms with Gasteiger partial charge in [0.1, 0.15) is 6.04 Å². The second kappa shape index (κ2) is 11.1. The molecular formula is C21H29Cl2N5O2S. The Morgan fingerprint density at radius 1 is 1.23 bits per heavy atom. The lowest BCUT2D eigenvalue weighted by Crippen LogP contribution is -2.53. The number of rotatable bonds is 5. The van der Waals surface area contributed by atoms with Crippen LogP contribution in [0.15, 0.2) is 30.3 Å². The average molecular weight is 486 g/mol. The van der Waals surface area contributed by atoms with E-state index >= 15 is 0 Å². The Kier molecular flexibility index (Phi) is 9.12. The van der Waals surface area contributed by atoms with Crippen molar-refractivity contribution in [3.8, 4) is 0 Å². The number of amides is 2. The highest BCUT2D eigenvalue weighted by Crippen LogP contribution is 2.28. The Hall–Kier alpha value is -1.87. The number of nitrogens with two attached hydrogens (primary N) is 2. The van der Waals surface area contributed by atoms with Crippen LogP contribution >= 0.6 is 36.2 Å². The number of nitrogens with zero attached hydrogens (tertiary/aromatic N) is 2. The van der Waals surface area contributed by atoms with Crippen LogP contribution in [-0.2, 0) is 28.9 Å². The van der Waals surface area contributed by atoms with E-state index in [0.29, 0.717) is 24.5 Å². The monoisotopic (exact) mass is 485 g/mol. The van der Waals surface area contributed by atoms with Gasteiger partial charge in [-0.2, -0.15) is 0 Å². The number of aryl methyl sites for hydroxylation is 1. The first-order valence-electron chi connectivity index (χ1n) is 10.2. The van der Waals surface area contributed by atoms with Gasteiger partial charge in [0.2, 0.25) is 11.8 Å². The highest BCUT2D eigenvalue weighted by Gasteiger charge is 2.37. The average Bonchev–Trinajstić information content (AvgIpc) is 3.33. The molecule has 1 aromatic carbocycles. The number of carbonyl (C=O) groups excluding carboxylic acids is 2. The highest BCUT2D eigenvalue weighted by molar-refractivity contribution is 7.15. The fraction of sp³-hybridized carbons (Fsp3) is 0.476. The van der Waals surface area contributed by atoms with Gasteiger partial charge in [0, 0.05) is 23.9 Å². The van der Waals surface area contributed by atoms with Crippen LogP contribution in [0.1, 0.15) is 35.4 Å². The van der Waals surface area contributed by atoms with Crippen molar-refractivity contribution < 1.29 is 9.59 Å². The van der Waals surface area contributed by atoms with Gasteiger partial charge in [0.05, 0.1) is 11.7 Å². The third-order valence-electron chi connectivity index (χ3n) is 5.76. The van der Waals surface area contributed by atoms with Crippen LogP contribution in [0.3, 0.4) is 0 Å². The first kappa shape index (κ1) is 25.4. The van der Waals surface area contributed by atoms with E-state index in [1.54, 1.807) is 4.90 Å². The lowest BCUT2D eigenvalue weighted by Gasteiger charge is -2.29. The number of aromatic nitrogens is 1. The van der Waals surface area contributed by atoms with Crippen molar-refractivity contribution in [2.75, 3.05) is 12.3 Å². The minimum Gasteiger partial charge on any atom is -0.375 e. The topological polar surface area (TPSA) is 114 Å². The van der Waals surface area contributed by atoms with Gasteiger partial charge >= 0.3 is 0 Å². The van der Waals surface area contributed by atoms with Crippen molar-refractivity contribution in [2.45, 2.75) is 56.7 Å². The predicted octanol–water partition coefficient (Wildman–Crippen LogP) is 2.10. The normalized spacial score (nSPS) is 20.7. The SMILES string of the molecule is Cl.Cl.Nc1nc2c(s1)CC(NC(=O)[C@@H]1CCCN1C(=O)[C@H](N)Cc1ccccc1)CC2. The standard InChI is InChI=1S/C21H27N5O2S.2ClH/c22-15(11-13-5-2-1-3-6-13)20(28)26-10-4-7-17(26)19(27)24-14-8-9-16-18(12-14)29-21(23)25-16;;/h1-3,5-6,14-15,17H,4,7-12,22H2,(H2,23,25)(H,24,27);2*1H/t14?,15-,17+;;/m1../s1. The third kappa shape index (κ3) is 5.88. The number of nitrogen functional groups attached to an aromatic ring is 1. The number of fused-ring (bicyclic) bond motifs is 1. The molecule has 1 aliphatic heterocycles. The minimum atomic E-state index is -0.636. The van der Waals surface area contributed by atoms with Gasteiger partial charge in [-0.25, -0.2) is 4.98 Å². The van der Waals surface area contributed by atoms with Crippen LogP contribution in [-0.4, -0.2) is 46.4 Å². The van der Waals surface area contributed by atoms with Gasteiger partial charge in [-0.1, -0.05) is 30.3 Å². The smallest absolute Gasteiger partial charge is 0.243 e. The van der Waals surface area contributed by atoms with E-state index in [-0.39, 0.29) is 42.7 Å². The summed E-state index contributed by atoms with van der Waals surface area (Å²) in [4.78, 5) is 33.0. The maximum absolute atomic E-state index is 12.9. The molecule has 5 N–H and O–H groups in total. The van der Waals surface area contributed by atoms with Crippen LogP contribution < -0.4 is 16.8 Å². The zero-order valence-corrected chi connectivity index (χ0v) is 19.6. The summed E-state index contributed by atoms with van der Waals surface area (Å²) in [6, 6.07) is 8.73. The maximum atomic E-state index is 12.9. The zero-order chi connectivity index (χ0) is 20.4. The molecule has 0 saturated carbocycles. The largest absolute Gasteiger partial charge is 0.375 e. The number of nitrogens with one attached hydrogen (secondary N) is 1. The lowest BCUT2D eigenvalue weighted by molar-refractivity contribution is -0.139. The summed E-state index contributed by atoms with van der Waals surface area (Å²) in [7, 11) is 0. The van der Waals surface area contributed by atoms with Crippen molar-refractivity contribution >= 4 is 53.1 Å². The van der Waals surface area contributed by atoms with E-state index in [1.807, 2.05) is 30.3 Å². The number of benzene rings is 1. The molecule has 0 spiro atoms. The van der Waals surface area contributed by atoms with Crippen molar-refractivity contribution in [2.24, 2.45) is 5.73 Å². The lowest BCUT2D eigenvalue weighted by atomic mass is 9.97. The molecule has 2 amide bonds. The van der Waals surface area contributed by atoms with Gasteiger partial charge in [0.15, 0.2) is 5.13 Å². The van der Waals surface area contributed by atoms with Crippen molar-refractivity contribution in [3.05, 3.63) is 46.5 Å². The minimum absolute atomic E-state index is 0. The van der Waals surface area contributed by atoms with Crippen molar-refractivity contribution in [1.82, 2.24) is 15.2 Å². The predicted molar refractivity (Wildman–Crippen MR) is 128 cm³/mol. The van der Waals surface area contributed by atoms with Crippen molar-refractivity contribution in [1.29, 1.82) is 0 Å². The van der Waals surface area contributed by atoms with Gasteiger partial charge in [-0.05, 0) is 37.7 Å². The molecule has 4 rings (SSSR count). The first-order chi connectivity index (χ1) is 14.0. The van der Waals surface area contributed by atoms with Crippen LogP contribution in [0.5, 0.6) is 0 Å². The molecular weight excluding hydrogens is 457 g/mol. The fourth-order valence-corrected chi connectivity index (χ4v) is 5.25. The Bertz CT molecular complexity index is 895. The summed E-state index contributed by atoms with van der Waals surface area (Å²) < 4.78 is 0. The van der Waals surface area contributed by atoms with E-state index < -0.39 is 12.1 Å². The number of hydrogen-bond acceptors (Lipinski definition) is 6. The van der Waals surface area contributed by atoms with Crippen LogP contribution in [0.25, 0.3) is 0 Å². The molecule has 0 bridgehead atoms. The van der Waals surface area contributed by atoms with Crippen LogP contribution in [0.4, 0.5) is 5.13 Å². The summed E-state index contributed by atoms with van der Waals surface area (Å²) in [6.45, 7) is 0.583. The molecule has 1 aromatic heterocycles. The van der Waals surface area contributed by atoms with Crippen LogP contribution in [0.2, 0.25) is 0 Å². The first-order valence-corrected chi connectivity index (χ1v) is 11.0. The molecule has 31 heavy (non-hydrogen) atoms. The molecule has 170 valence electrons. The number of thiazole rings is 1. The molecule has 0 radical (unpaired) electrons. The van der Waals surface area contributed by atoms with E-state index in [4.69, 9.17) is 11.5 Å². The van der Waals surface area contributed by atoms with Gasteiger partial charge in [0.25, 0.3) is 0 Å². The molecule has 2 heterocycles. The Morgan fingerprint density at radius 2 is 1.97 bits per heavy atom. The summed E-state index contributed by atoms with van der Waals surface area (Å²) in [5.74, 6) is -0.221. The van der Waals surface area contributed by atoms with Gasteiger partial charge < -0.3 is 21.7 Å². The molecule has 1 saturated heterocycles. The molecule has 3 atom stereocenters. The molecule has 1 fully saturated rings. The summed E-state index contributed by atoms with van der Waals surface area (Å²) >= 11 is 1.50. The molecule has 1 aliphatic carbocycles. The number of halogens is 2. The van der Waals surface area contributed by atoms with Crippen LogP contribution in [0, 0.1) is 0 Å². The highest BCUT2D eigenvalue weighted by atomic mass is 35.5. The number of carbonyl (C=O) groups is 2. The van der Waals surface area contributed by atoms with E-state index in [9.17, 15) is 9.59 Å². The number of likely N-dealkylation sites (tertiary alicyclic amines) is 1. The Morgan fingerprint density at radius 3 is 2.71 bits per heavy atom. The molecule has 2 aromatic rings. The Labute approximate surface area is 198 Å². The summed E-state index contributed by atoms with van der Waals surface area (Å²) in [5.41, 5.74) is 14.1. The van der Waals surface area contributed by atoms with Gasteiger partial charge in [-0.15, -0.1) is 36.2 Å². The maximum Gasteiger partial charge on any atom is 0.243 e. The third-order valence-corrected chi connectivity index (χ3v) is 6.71. The zero-order valence-electron chi connectivity index (χ0n) is 17.2. The molecule has 10 heteroatoms. The second-order valence-corrected chi connectivity index (χ2v) is 8.97. The number of anilines is 1. The quantitative estimate of drug-likeness (QED) is 0.599. The van der Waals surface area contributed by atoms with Gasteiger partial charge in [-0.3, -0.25) is 9.59 Å². The number of hydrogen-bond donors (Lipinski definition) is 3. The fourth-order valence-electron chi connectivity index (χ4n) is 4.29. The molecule has 1 unspecified atom stereocenters. The van der Waals surface area contributed by atoms with E-state index in [0.717, 1.165) is 41.8 Å². The summed E-state index contributed by atoms with van der Waals surface area (Å²) in [6.07, 6.45) is 4.40. The molecule has 2 aliphatic rings. The summed E-state index contributed by atoms with van der Waals surface area (Å²) in [5, 5.41) is 3.73.